The summed E-state index contributed by atoms with van der Waals surface area (Å²) in [4.78, 5) is 16.6. The van der Waals surface area contributed by atoms with Crippen LogP contribution in [0.1, 0.15) is 65.5 Å². The topological polar surface area (TPSA) is 56.1 Å². The molecular formula is C21H26F3N3O2. The summed E-state index contributed by atoms with van der Waals surface area (Å²) in [6, 6.07) is 5.48. The van der Waals surface area contributed by atoms with E-state index in [2.05, 4.69) is 14.9 Å². The zero-order valence-electron chi connectivity index (χ0n) is 16.7. The molecule has 0 atom stereocenters. The van der Waals surface area contributed by atoms with Gasteiger partial charge in [0.2, 0.25) is 5.88 Å². The van der Waals surface area contributed by atoms with Gasteiger partial charge < -0.3 is 14.6 Å². The van der Waals surface area contributed by atoms with E-state index in [0.717, 1.165) is 24.2 Å². The number of halogens is 3. The van der Waals surface area contributed by atoms with E-state index in [1.165, 1.54) is 25.5 Å². The number of rotatable bonds is 6. The van der Waals surface area contributed by atoms with Crippen LogP contribution < -0.4 is 10.1 Å². The third kappa shape index (κ3) is 5.31. The Kier molecular flexibility index (Phi) is 6.49. The minimum absolute atomic E-state index is 0.0347. The Morgan fingerprint density at radius 3 is 2.69 bits per heavy atom. The van der Waals surface area contributed by atoms with Crippen LogP contribution in [-0.2, 0) is 6.54 Å². The van der Waals surface area contributed by atoms with Crippen molar-refractivity contribution in [2.75, 3.05) is 6.61 Å². The van der Waals surface area contributed by atoms with Gasteiger partial charge in [-0.25, -0.2) is 4.98 Å². The fourth-order valence-electron chi connectivity index (χ4n) is 4.02. The molecule has 5 nitrogen and oxygen atoms in total. The zero-order chi connectivity index (χ0) is 21.0. The van der Waals surface area contributed by atoms with Gasteiger partial charge in [0, 0.05) is 35.7 Å². The predicted octanol–water partition coefficient (Wildman–Crippen LogP) is 4.88. The van der Waals surface area contributed by atoms with Gasteiger partial charge in [0.1, 0.15) is 0 Å². The molecule has 1 N–H and O–H groups in total. The lowest BCUT2D eigenvalue weighted by atomic mass is 9.95. The summed E-state index contributed by atoms with van der Waals surface area (Å²) in [6.07, 6.45) is 2.80. The molecule has 0 unspecified atom stereocenters. The number of carbonyl (C=O) groups is 1. The van der Waals surface area contributed by atoms with Crippen molar-refractivity contribution >= 4 is 5.91 Å². The smallest absolute Gasteiger partial charge is 0.422 e. The number of nitrogens with zero attached hydrogens (tertiary/aromatic N) is 2. The Bertz CT molecular complexity index is 855. The number of nitrogens with one attached hydrogen (secondary N) is 1. The van der Waals surface area contributed by atoms with Crippen molar-refractivity contribution in [1.29, 1.82) is 0 Å². The van der Waals surface area contributed by atoms with E-state index >= 15 is 0 Å². The van der Waals surface area contributed by atoms with E-state index in [1.54, 1.807) is 12.1 Å². The molecule has 0 spiro atoms. The highest BCUT2D eigenvalue weighted by atomic mass is 19.4. The number of hydrogen-bond donors (Lipinski definition) is 1. The number of carbonyl (C=O) groups excluding carboxylic acids is 1. The molecular weight excluding hydrogens is 383 g/mol. The molecule has 158 valence electrons. The molecule has 2 heterocycles. The molecule has 0 bridgehead atoms. The lowest BCUT2D eigenvalue weighted by molar-refractivity contribution is -0.154. The van der Waals surface area contributed by atoms with E-state index in [4.69, 9.17) is 4.74 Å². The first kappa shape index (κ1) is 21.2. The Labute approximate surface area is 168 Å². The van der Waals surface area contributed by atoms with Crippen LogP contribution in [0.25, 0.3) is 0 Å². The van der Waals surface area contributed by atoms with Crippen molar-refractivity contribution in [3.8, 4) is 5.88 Å². The minimum atomic E-state index is -4.45. The van der Waals surface area contributed by atoms with Crippen molar-refractivity contribution in [1.82, 2.24) is 14.9 Å². The van der Waals surface area contributed by atoms with Gasteiger partial charge in [-0.05, 0) is 38.8 Å². The predicted molar refractivity (Wildman–Crippen MR) is 103 cm³/mol. The summed E-state index contributed by atoms with van der Waals surface area (Å²) >= 11 is 0. The molecule has 3 rings (SSSR count). The molecule has 2 aromatic rings. The van der Waals surface area contributed by atoms with Crippen molar-refractivity contribution in [3.05, 3.63) is 46.9 Å². The molecule has 1 saturated carbocycles. The summed E-state index contributed by atoms with van der Waals surface area (Å²) < 4.78 is 44.3. The van der Waals surface area contributed by atoms with Crippen LogP contribution in [0.5, 0.6) is 5.88 Å². The maximum absolute atomic E-state index is 12.7. The van der Waals surface area contributed by atoms with Crippen LogP contribution in [0.15, 0.2) is 24.4 Å². The third-order valence-corrected chi connectivity index (χ3v) is 5.33. The monoisotopic (exact) mass is 409 g/mol. The summed E-state index contributed by atoms with van der Waals surface area (Å²) in [5.74, 6) is -0.386. The lowest BCUT2D eigenvalue weighted by Gasteiger charge is -2.26. The normalized spacial score (nSPS) is 15.3. The van der Waals surface area contributed by atoms with Gasteiger partial charge in [0.15, 0.2) is 6.61 Å². The summed E-state index contributed by atoms with van der Waals surface area (Å²) in [6.45, 7) is 2.56. The SMILES string of the molecule is Cc1cc(C(=O)NCc2cccnc2OCC(F)(F)F)c(C)n1C1CCCCC1. The molecule has 1 aliphatic rings. The van der Waals surface area contributed by atoms with Gasteiger partial charge in [-0.2, -0.15) is 13.2 Å². The second kappa shape index (κ2) is 8.88. The number of amides is 1. The van der Waals surface area contributed by atoms with Crippen LogP contribution in [0.3, 0.4) is 0 Å². The van der Waals surface area contributed by atoms with Gasteiger partial charge in [0.25, 0.3) is 5.91 Å². The van der Waals surface area contributed by atoms with E-state index in [-0.39, 0.29) is 18.3 Å². The van der Waals surface area contributed by atoms with Crippen LogP contribution >= 0.6 is 0 Å². The van der Waals surface area contributed by atoms with Crippen LogP contribution in [0, 0.1) is 13.8 Å². The molecule has 1 amide bonds. The van der Waals surface area contributed by atoms with Gasteiger partial charge in [-0.3, -0.25) is 4.79 Å². The molecule has 0 radical (unpaired) electrons. The quantitative estimate of drug-likeness (QED) is 0.740. The summed E-state index contributed by atoms with van der Waals surface area (Å²) in [5.41, 5.74) is 2.96. The highest BCUT2D eigenvalue weighted by molar-refractivity contribution is 5.95. The first-order chi connectivity index (χ1) is 13.8. The molecule has 1 aliphatic carbocycles. The minimum Gasteiger partial charge on any atom is -0.468 e. The van der Waals surface area contributed by atoms with Gasteiger partial charge in [-0.1, -0.05) is 25.3 Å². The summed E-state index contributed by atoms with van der Waals surface area (Å²) in [7, 11) is 0. The first-order valence-corrected chi connectivity index (χ1v) is 9.86. The van der Waals surface area contributed by atoms with E-state index in [1.807, 2.05) is 19.9 Å². The van der Waals surface area contributed by atoms with Crippen LogP contribution in [0.4, 0.5) is 13.2 Å². The molecule has 1 fully saturated rings. The maximum atomic E-state index is 12.7. The fourth-order valence-corrected chi connectivity index (χ4v) is 4.02. The Hall–Kier alpha value is -2.51. The largest absolute Gasteiger partial charge is 0.468 e. The van der Waals surface area contributed by atoms with E-state index in [9.17, 15) is 18.0 Å². The van der Waals surface area contributed by atoms with Crippen molar-refractivity contribution in [2.24, 2.45) is 0 Å². The highest BCUT2D eigenvalue weighted by Crippen LogP contribution is 2.32. The summed E-state index contributed by atoms with van der Waals surface area (Å²) in [5, 5.41) is 2.78. The molecule has 8 heteroatoms. The van der Waals surface area contributed by atoms with Crippen molar-refractivity contribution < 1.29 is 22.7 Å². The molecule has 0 saturated heterocycles. The lowest BCUT2D eigenvalue weighted by Crippen LogP contribution is -2.25. The maximum Gasteiger partial charge on any atom is 0.422 e. The van der Waals surface area contributed by atoms with Crippen molar-refractivity contribution in [3.63, 3.8) is 0 Å². The highest BCUT2D eigenvalue weighted by Gasteiger charge is 2.29. The van der Waals surface area contributed by atoms with Gasteiger partial charge >= 0.3 is 6.18 Å². The number of pyridine rings is 1. The number of ether oxygens (including phenoxy) is 1. The third-order valence-electron chi connectivity index (χ3n) is 5.33. The standard InChI is InChI=1S/C21H26F3N3O2/c1-14-11-18(15(2)27(14)17-8-4-3-5-9-17)19(28)26-12-16-7-6-10-25-20(16)29-13-21(22,23)24/h6-7,10-11,17H,3-5,8-9,12-13H2,1-2H3,(H,26,28). The number of alkyl halides is 3. The van der Waals surface area contributed by atoms with Crippen LogP contribution in [-0.4, -0.2) is 28.2 Å². The van der Waals surface area contributed by atoms with E-state index in [0.29, 0.717) is 17.2 Å². The Morgan fingerprint density at radius 1 is 1.28 bits per heavy atom. The first-order valence-electron chi connectivity index (χ1n) is 9.86. The number of aromatic nitrogens is 2. The molecule has 29 heavy (non-hydrogen) atoms. The van der Waals surface area contributed by atoms with Gasteiger partial charge in [0.05, 0.1) is 5.56 Å². The Morgan fingerprint density at radius 2 is 2.00 bits per heavy atom. The average molecular weight is 409 g/mol. The van der Waals surface area contributed by atoms with Crippen molar-refractivity contribution in [2.45, 2.75) is 64.7 Å². The number of aryl methyl sites for hydroxylation is 1. The Balaban J connectivity index is 1.69. The molecule has 0 aromatic carbocycles. The molecule has 0 aliphatic heterocycles. The average Bonchev–Trinajstić information content (AvgIpc) is 2.99. The zero-order valence-corrected chi connectivity index (χ0v) is 16.7. The fraction of sp³-hybridized carbons (Fsp3) is 0.524. The van der Waals surface area contributed by atoms with E-state index < -0.39 is 12.8 Å². The van der Waals surface area contributed by atoms with Gasteiger partial charge in [-0.15, -0.1) is 0 Å². The number of hydrogen-bond acceptors (Lipinski definition) is 3. The van der Waals surface area contributed by atoms with Crippen LogP contribution in [0.2, 0.25) is 0 Å². The molecule has 2 aromatic heterocycles. The second-order valence-corrected chi connectivity index (χ2v) is 7.50. The second-order valence-electron chi connectivity index (χ2n) is 7.50.